The Bertz CT molecular complexity index is 164. The first-order chi connectivity index (χ1) is 7.26. The zero-order valence-corrected chi connectivity index (χ0v) is 10.4. The van der Waals surface area contributed by atoms with Crippen LogP contribution >= 0.6 is 0 Å². The SMILES string of the molecule is CCCCC(CC)CC1(CO)CCNC1. The molecule has 0 radical (unpaired) electrons. The molecule has 2 nitrogen and oxygen atoms in total. The number of hydrogen-bond acceptors (Lipinski definition) is 2. The van der Waals surface area contributed by atoms with E-state index in [0.717, 1.165) is 25.4 Å². The van der Waals surface area contributed by atoms with E-state index in [9.17, 15) is 5.11 Å². The highest BCUT2D eigenvalue weighted by Crippen LogP contribution is 2.35. The lowest BCUT2D eigenvalue weighted by Gasteiger charge is -2.30. The van der Waals surface area contributed by atoms with Crippen LogP contribution in [0.2, 0.25) is 0 Å². The maximum atomic E-state index is 9.55. The number of aliphatic hydroxyl groups excluding tert-OH is 1. The van der Waals surface area contributed by atoms with Gasteiger partial charge in [0.1, 0.15) is 0 Å². The molecule has 1 heterocycles. The Kier molecular flexibility index (Phi) is 5.62. The van der Waals surface area contributed by atoms with Gasteiger partial charge in [-0.15, -0.1) is 0 Å². The molecular weight excluding hydrogens is 186 g/mol. The Morgan fingerprint density at radius 2 is 2.20 bits per heavy atom. The Labute approximate surface area is 94.5 Å². The van der Waals surface area contributed by atoms with E-state index in [-0.39, 0.29) is 5.41 Å². The summed E-state index contributed by atoms with van der Waals surface area (Å²) >= 11 is 0. The molecule has 0 spiro atoms. The number of hydrogen-bond donors (Lipinski definition) is 2. The minimum Gasteiger partial charge on any atom is -0.396 e. The fourth-order valence-electron chi connectivity index (χ4n) is 2.72. The summed E-state index contributed by atoms with van der Waals surface area (Å²) in [6.45, 7) is 7.01. The topological polar surface area (TPSA) is 32.3 Å². The van der Waals surface area contributed by atoms with Crippen molar-refractivity contribution >= 4 is 0 Å². The lowest BCUT2D eigenvalue weighted by molar-refractivity contribution is 0.109. The standard InChI is InChI=1S/C13H27NO/c1-3-5-6-12(4-2)9-13(11-15)7-8-14-10-13/h12,14-15H,3-11H2,1-2H3. The van der Waals surface area contributed by atoms with Gasteiger partial charge < -0.3 is 10.4 Å². The van der Waals surface area contributed by atoms with E-state index < -0.39 is 0 Å². The largest absolute Gasteiger partial charge is 0.396 e. The van der Waals surface area contributed by atoms with Crippen molar-refractivity contribution in [2.45, 2.75) is 52.4 Å². The average Bonchev–Trinajstić information content (AvgIpc) is 2.73. The second-order valence-corrected chi connectivity index (χ2v) is 5.21. The van der Waals surface area contributed by atoms with Crippen LogP contribution in [0, 0.1) is 11.3 Å². The predicted molar refractivity (Wildman–Crippen MR) is 64.9 cm³/mol. The molecule has 0 aromatic carbocycles. The third-order valence-electron chi connectivity index (χ3n) is 3.93. The zero-order valence-electron chi connectivity index (χ0n) is 10.4. The van der Waals surface area contributed by atoms with Gasteiger partial charge in [-0.2, -0.15) is 0 Å². The molecule has 1 aliphatic rings. The van der Waals surface area contributed by atoms with E-state index in [1.54, 1.807) is 0 Å². The van der Waals surface area contributed by atoms with Crippen LogP contribution in [0.3, 0.4) is 0 Å². The second kappa shape index (κ2) is 6.49. The van der Waals surface area contributed by atoms with Gasteiger partial charge in [-0.3, -0.25) is 0 Å². The van der Waals surface area contributed by atoms with Gasteiger partial charge in [0.25, 0.3) is 0 Å². The van der Waals surface area contributed by atoms with Crippen molar-refractivity contribution in [2.75, 3.05) is 19.7 Å². The quantitative estimate of drug-likeness (QED) is 0.681. The molecule has 0 aliphatic carbocycles. The summed E-state index contributed by atoms with van der Waals surface area (Å²) in [5, 5.41) is 12.9. The van der Waals surface area contributed by atoms with Gasteiger partial charge in [0.05, 0.1) is 0 Å². The molecule has 1 fully saturated rings. The summed E-state index contributed by atoms with van der Waals surface area (Å²) < 4.78 is 0. The van der Waals surface area contributed by atoms with Crippen LogP contribution in [0.5, 0.6) is 0 Å². The summed E-state index contributed by atoms with van der Waals surface area (Å²) in [5.41, 5.74) is 0.203. The minimum atomic E-state index is 0.203. The van der Waals surface area contributed by atoms with Crippen molar-refractivity contribution in [1.82, 2.24) is 5.32 Å². The summed E-state index contributed by atoms with van der Waals surface area (Å²) in [5.74, 6) is 0.817. The highest BCUT2D eigenvalue weighted by molar-refractivity contribution is 4.88. The fraction of sp³-hybridized carbons (Fsp3) is 1.00. The van der Waals surface area contributed by atoms with Gasteiger partial charge in [0.2, 0.25) is 0 Å². The van der Waals surface area contributed by atoms with Crippen LogP contribution in [-0.2, 0) is 0 Å². The average molecular weight is 213 g/mol. The highest BCUT2D eigenvalue weighted by Gasteiger charge is 2.34. The second-order valence-electron chi connectivity index (χ2n) is 5.21. The van der Waals surface area contributed by atoms with Crippen LogP contribution in [0.15, 0.2) is 0 Å². The first-order valence-electron chi connectivity index (χ1n) is 6.58. The van der Waals surface area contributed by atoms with Crippen LogP contribution in [0.25, 0.3) is 0 Å². The summed E-state index contributed by atoms with van der Waals surface area (Å²) in [4.78, 5) is 0. The first-order valence-corrected chi connectivity index (χ1v) is 6.58. The number of aliphatic hydroxyl groups is 1. The third kappa shape index (κ3) is 3.76. The van der Waals surface area contributed by atoms with Gasteiger partial charge in [0, 0.05) is 18.6 Å². The van der Waals surface area contributed by atoms with Crippen molar-refractivity contribution in [3.05, 3.63) is 0 Å². The number of nitrogens with one attached hydrogen (secondary N) is 1. The number of rotatable bonds is 7. The minimum absolute atomic E-state index is 0.203. The van der Waals surface area contributed by atoms with Gasteiger partial charge in [0.15, 0.2) is 0 Å². The van der Waals surface area contributed by atoms with E-state index in [2.05, 4.69) is 19.2 Å². The monoisotopic (exact) mass is 213 g/mol. The Balaban J connectivity index is 2.40. The Morgan fingerprint density at radius 1 is 1.40 bits per heavy atom. The third-order valence-corrected chi connectivity index (χ3v) is 3.93. The zero-order chi connectivity index (χ0) is 11.1. The summed E-state index contributed by atoms with van der Waals surface area (Å²) in [7, 11) is 0. The van der Waals surface area contributed by atoms with Gasteiger partial charge in [-0.05, 0) is 25.3 Å². The van der Waals surface area contributed by atoms with Crippen molar-refractivity contribution in [3.8, 4) is 0 Å². The van der Waals surface area contributed by atoms with Crippen molar-refractivity contribution in [3.63, 3.8) is 0 Å². The lowest BCUT2D eigenvalue weighted by atomic mass is 9.77. The highest BCUT2D eigenvalue weighted by atomic mass is 16.3. The molecule has 2 N–H and O–H groups in total. The Morgan fingerprint density at radius 3 is 2.67 bits per heavy atom. The van der Waals surface area contributed by atoms with E-state index in [4.69, 9.17) is 0 Å². The van der Waals surface area contributed by atoms with Gasteiger partial charge >= 0.3 is 0 Å². The fourth-order valence-corrected chi connectivity index (χ4v) is 2.72. The van der Waals surface area contributed by atoms with Crippen LogP contribution in [0.1, 0.15) is 52.4 Å². The molecule has 15 heavy (non-hydrogen) atoms. The lowest BCUT2D eigenvalue weighted by Crippen LogP contribution is -2.30. The van der Waals surface area contributed by atoms with E-state index in [1.807, 2.05) is 0 Å². The van der Waals surface area contributed by atoms with Crippen molar-refractivity contribution in [1.29, 1.82) is 0 Å². The van der Waals surface area contributed by atoms with Gasteiger partial charge in [-0.25, -0.2) is 0 Å². The summed E-state index contributed by atoms with van der Waals surface area (Å²) in [6, 6.07) is 0. The predicted octanol–water partition coefficient (Wildman–Crippen LogP) is 2.56. The van der Waals surface area contributed by atoms with Crippen LogP contribution in [0.4, 0.5) is 0 Å². The summed E-state index contributed by atoms with van der Waals surface area (Å²) in [6.07, 6.45) is 7.62. The molecule has 0 bridgehead atoms. The first kappa shape index (κ1) is 13.0. The molecule has 1 rings (SSSR count). The van der Waals surface area contributed by atoms with Crippen LogP contribution < -0.4 is 5.32 Å². The molecule has 1 aliphatic heterocycles. The van der Waals surface area contributed by atoms with Crippen molar-refractivity contribution in [2.24, 2.45) is 11.3 Å². The van der Waals surface area contributed by atoms with E-state index in [0.29, 0.717) is 6.61 Å². The molecule has 2 unspecified atom stereocenters. The molecule has 2 atom stereocenters. The Hall–Kier alpha value is -0.0800. The smallest absolute Gasteiger partial charge is 0.0500 e. The van der Waals surface area contributed by atoms with Crippen LogP contribution in [-0.4, -0.2) is 24.8 Å². The number of unbranched alkanes of at least 4 members (excludes halogenated alkanes) is 1. The molecule has 0 saturated carbocycles. The molecule has 1 saturated heterocycles. The van der Waals surface area contributed by atoms with Gasteiger partial charge in [-0.1, -0.05) is 39.5 Å². The van der Waals surface area contributed by atoms with E-state index >= 15 is 0 Å². The van der Waals surface area contributed by atoms with Crippen molar-refractivity contribution < 1.29 is 5.11 Å². The maximum Gasteiger partial charge on any atom is 0.0500 e. The van der Waals surface area contributed by atoms with E-state index in [1.165, 1.54) is 32.1 Å². The normalized spacial score (nSPS) is 28.2. The molecule has 0 amide bonds. The maximum absolute atomic E-state index is 9.55. The molecule has 0 aromatic heterocycles. The molecule has 2 heteroatoms. The molecule has 0 aromatic rings. The molecule has 90 valence electrons. The molecular formula is C13H27NO.